The lowest BCUT2D eigenvalue weighted by molar-refractivity contribution is 0.267. The van der Waals surface area contributed by atoms with Gasteiger partial charge in [0.2, 0.25) is 0 Å². The van der Waals surface area contributed by atoms with E-state index in [1.54, 1.807) is 10.4 Å². The molecule has 0 radical (unpaired) electrons. The number of hydrogen-bond donors (Lipinski definition) is 2. The van der Waals surface area contributed by atoms with E-state index >= 15 is 0 Å². The minimum Gasteiger partial charge on any atom is -0.370 e. The van der Waals surface area contributed by atoms with E-state index in [0.717, 1.165) is 43.8 Å². The molecule has 28 heavy (non-hydrogen) atoms. The zero-order valence-electron chi connectivity index (χ0n) is 16.5. The summed E-state index contributed by atoms with van der Waals surface area (Å²) in [4.78, 5) is 7.75. The zero-order valence-corrected chi connectivity index (χ0v) is 20.4. The lowest BCUT2D eigenvalue weighted by Gasteiger charge is -2.25. The number of nitrogens with two attached hydrogens (primary N) is 1. The summed E-state index contributed by atoms with van der Waals surface area (Å²) in [5.74, 6) is 0.423. The standard InChI is InChI=1S/C18H31N5O2S2.HI/c1-2-22-10-6-7-15(22)13-20-18(19)21-14-16-8-9-17(26-16)27(24,25)23-11-4-3-5-12-23;/h8-9,15H,2-7,10-14H2,1H3,(H3,19,20,21);1H. The summed E-state index contributed by atoms with van der Waals surface area (Å²) in [7, 11) is -3.36. The van der Waals surface area contributed by atoms with Crippen molar-refractivity contribution in [3.05, 3.63) is 17.0 Å². The predicted molar refractivity (Wildman–Crippen MR) is 126 cm³/mol. The van der Waals surface area contributed by atoms with Crippen LogP contribution in [0.5, 0.6) is 0 Å². The minimum atomic E-state index is -3.36. The number of likely N-dealkylation sites (N-methyl/N-ethyl adjacent to an activating group) is 1. The molecular weight excluding hydrogens is 509 g/mol. The Balaban J connectivity index is 0.00000280. The average Bonchev–Trinajstić information content (AvgIpc) is 3.34. The first kappa shape index (κ1) is 23.8. The van der Waals surface area contributed by atoms with Crippen molar-refractivity contribution in [1.29, 1.82) is 0 Å². The predicted octanol–water partition coefficient (Wildman–Crippen LogP) is 2.43. The highest BCUT2D eigenvalue weighted by atomic mass is 127. The number of likely N-dealkylation sites (tertiary alicyclic amines) is 1. The number of halogens is 1. The van der Waals surface area contributed by atoms with Gasteiger partial charge < -0.3 is 11.1 Å². The van der Waals surface area contributed by atoms with Gasteiger partial charge >= 0.3 is 0 Å². The van der Waals surface area contributed by atoms with Gasteiger partial charge in [0.15, 0.2) is 5.96 Å². The highest BCUT2D eigenvalue weighted by molar-refractivity contribution is 14.0. The summed E-state index contributed by atoms with van der Waals surface area (Å²) in [5.41, 5.74) is 5.99. The quantitative estimate of drug-likeness (QED) is 0.315. The van der Waals surface area contributed by atoms with Crippen LogP contribution in [0.1, 0.15) is 43.9 Å². The van der Waals surface area contributed by atoms with E-state index in [1.165, 1.54) is 24.2 Å². The Morgan fingerprint density at radius 3 is 2.71 bits per heavy atom. The highest BCUT2D eigenvalue weighted by Crippen LogP contribution is 2.27. The normalized spacial score (nSPS) is 22.2. The van der Waals surface area contributed by atoms with Crippen LogP contribution in [0, 0.1) is 0 Å². The van der Waals surface area contributed by atoms with Gasteiger partial charge in [0.05, 0.1) is 6.54 Å². The van der Waals surface area contributed by atoms with Crippen LogP contribution in [0.4, 0.5) is 0 Å². The van der Waals surface area contributed by atoms with Gasteiger partial charge in [-0.1, -0.05) is 13.3 Å². The molecule has 2 aliphatic heterocycles. The molecule has 3 rings (SSSR count). The number of thiophene rings is 1. The van der Waals surface area contributed by atoms with Gasteiger partial charge in [-0.15, -0.1) is 35.3 Å². The maximum absolute atomic E-state index is 12.7. The van der Waals surface area contributed by atoms with Crippen molar-refractivity contribution in [3.63, 3.8) is 0 Å². The maximum atomic E-state index is 12.7. The van der Waals surface area contributed by atoms with Crippen molar-refractivity contribution in [3.8, 4) is 0 Å². The Hall–Kier alpha value is -0.430. The third-order valence-electron chi connectivity index (χ3n) is 5.38. The molecule has 0 aliphatic carbocycles. The summed E-state index contributed by atoms with van der Waals surface area (Å²) in [6.45, 7) is 6.86. The molecule has 3 N–H and O–H groups in total. The number of guanidine groups is 1. The van der Waals surface area contributed by atoms with Crippen LogP contribution in [0.25, 0.3) is 0 Å². The van der Waals surface area contributed by atoms with Crippen molar-refractivity contribution in [2.45, 2.75) is 55.8 Å². The van der Waals surface area contributed by atoms with Crippen molar-refractivity contribution in [2.24, 2.45) is 10.7 Å². The molecular formula is C18H32IN5O2S2. The molecule has 0 amide bonds. The van der Waals surface area contributed by atoms with E-state index in [0.29, 0.717) is 35.8 Å². The van der Waals surface area contributed by atoms with Gasteiger partial charge in [0.25, 0.3) is 10.0 Å². The molecule has 2 saturated heterocycles. The fourth-order valence-corrected chi connectivity index (χ4v) is 6.75. The topological polar surface area (TPSA) is 91.0 Å². The number of sulfonamides is 1. The molecule has 0 aromatic carbocycles. The number of nitrogens with zero attached hydrogens (tertiary/aromatic N) is 3. The van der Waals surface area contributed by atoms with Crippen molar-refractivity contribution >= 4 is 51.3 Å². The summed E-state index contributed by atoms with van der Waals surface area (Å²) in [5, 5.41) is 3.21. The number of piperidine rings is 1. The third kappa shape index (κ3) is 6.04. The Morgan fingerprint density at radius 1 is 1.25 bits per heavy atom. The highest BCUT2D eigenvalue weighted by Gasteiger charge is 2.27. The molecule has 2 fully saturated rings. The van der Waals surface area contributed by atoms with Gasteiger partial charge in [0.1, 0.15) is 4.21 Å². The van der Waals surface area contributed by atoms with Crippen LogP contribution in [-0.4, -0.2) is 62.3 Å². The van der Waals surface area contributed by atoms with E-state index in [-0.39, 0.29) is 24.0 Å². The molecule has 1 atom stereocenters. The van der Waals surface area contributed by atoms with Gasteiger partial charge in [-0.3, -0.25) is 4.90 Å². The van der Waals surface area contributed by atoms with E-state index in [1.807, 2.05) is 6.07 Å². The lowest BCUT2D eigenvalue weighted by atomic mass is 10.2. The van der Waals surface area contributed by atoms with Gasteiger partial charge in [-0.2, -0.15) is 4.31 Å². The Morgan fingerprint density at radius 2 is 2.00 bits per heavy atom. The molecule has 0 bridgehead atoms. The van der Waals surface area contributed by atoms with Crippen LogP contribution in [0.3, 0.4) is 0 Å². The van der Waals surface area contributed by atoms with Crippen molar-refractivity contribution < 1.29 is 8.42 Å². The van der Waals surface area contributed by atoms with Crippen LogP contribution < -0.4 is 11.1 Å². The van der Waals surface area contributed by atoms with Crippen LogP contribution in [0.15, 0.2) is 21.3 Å². The minimum absolute atomic E-state index is 0. The molecule has 160 valence electrons. The number of hydrogen-bond acceptors (Lipinski definition) is 5. The fourth-order valence-electron chi connectivity index (χ4n) is 3.80. The second-order valence-corrected chi connectivity index (χ2v) is 10.5. The molecule has 0 saturated carbocycles. The van der Waals surface area contributed by atoms with Crippen molar-refractivity contribution in [1.82, 2.24) is 14.5 Å². The Bertz CT molecular complexity index is 747. The smallest absolute Gasteiger partial charge is 0.252 e. The van der Waals surface area contributed by atoms with E-state index in [2.05, 4.69) is 22.1 Å². The van der Waals surface area contributed by atoms with Gasteiger partial charge in [0, 0.05) is 30.6 Å². The Labute approximate surface area is 189 Å². The van der Waals surface area contributed by atoms with Gasteiger partial charge in [-0.25, -0.2) is 13.4 Å². The molecule has 10 heteroatoms. The SMILES string of the molecule is CCN1CCCC1CNC(N)=NCc1ccc(S(=O)(=O)N2CCCCC2)s1.I. The molecule has 3 heterocycles. The fraction of sp³-hybridized carbons (Fsp3) is 0.722. The first-order valence-electron chi connectivity index (χ1n) is 9.87. The van der Waals surface area contributed by atoms with Crippen LogP contribution in [0.2, 0.25) is 0 Å². The van der Waals surface area contributed by atoms with Crippen LogP contribution >= 0.6 is 35.3 Å². The number of aliphatic imine (C=N–C) groups is 1. The second kappa shape index (κ2) is 11.1. The zero-order chi connectivity index (χ0) is 19.3. The monoisotopic (exact) mass is 541 g/mol. The van der Waals surface area contributed by atoms with E-state index in [9.17, 15) is 8.42 Å². The average molecular weight is 542 g/mol. The van der Waals surface area contributed by atoms with Crippen molar-refractivity contribution in [2.75, 3.05) is 32.7 Å². The Kier molecular flexibility index (Phi) is 9.45. The maximum Gasteiger partial charge on any atom is 0.252 e. The molecule has 2 aliphatic rings. The number of nitrogens with one attached hydrogen (secondary N) is 1. The summed E-state index contributed by atoms with van der Waals surface area (Å²) in [6.07, 6.45) is 5.43. The molecule has 1 aromatic rings. The van der Waals surface area contributed by atoms with Crippen LogP contribution in [-0.2, 0) is 16.6 Å². The van der Waals surface area contributed by atoms with Gasteiger partial charge in [-0.05, 0) is 50.9 Å². The molecule has 0 spiro atoms. The molecule has 7 nitrogen and oxygen atoms in total. The first-order valence-corrected chi connectivity index (χ1v) is 12.1. The summed E-state index contributed by atoms with van der Waals surface area (Å²) >= 11 is 1.29. The first-order chi connectivity index (χ1) is 13.0. The second-order valence-electron chi connectivity index (χ2n) is 7.19. The van der Waals surface area contributed by atoms with E-state index in [4.69, 9.17) is 5.73 Å². The number of rotatable bonds is 7. The summed E-state index contributed by atoms with van der Waals surface area (Å²) < 4.78 is 27.4. The lowest BCUT2D eigenvalue weighted by Crippen LogP contribution is -2.42. The van der Waals surface area contributed by atoms with E-state index < -0.39 is 10.0 Å². The molecule has 1 unspecified atom stereocenters. The molecule has 1 aromatic heterocycles. The largest absolute Gasteiger partial charge is 0.370 e. The third-order valence-corrected chi connectivity index (χ3v) is 8.81. The summed E-state index contributed by atoms with van der Waals surface area (Å²) in [6, 6.07) is 4.06.